The number of rotatable bonds is 6. The molecule has 3 aromatic heterocycles. The summed E-state index contributed by atoms with van der Waals surface area (Å²) in [6, 6.07) is 83.1. The fourth-order valence-electron chi connectivity index (χ4n) is 13.1. The van der Waals surface area contributed by atoms with Crippen molar-refractivity contribution in [2.45, 2.75) is 78.6 Å². The zero-order valence-electron chi connectivity index (χ0n) is 47.5. The summed E-state index contributed by atoms with van der Waals surface area (Å²) in [5.74, 6) is 0. The summed E-state index contributed by atoms with van der Waals surface area (Å²) in [5.41, 5.74) is 20.3. The van der Waals surface area contributed by atoms with Gasteiger partial charge in [-0.25, -0.2) is 0 Å². The lowest BCUT2D eigenvalue weighted by atomic mass is 9.36. The Bertz CT molecular complexity index is 4550. The minimum absolute atomic E-state index is 0.0168. The Morgan fingerprint density at radius 3 is 1.38 bits per heavy atom. The van der Waals surface area contributed by atoms with E-state index in [-0.39, 0.29) is 23.0 Å². The van der Waals surface area contributed by atoms with Crippen LogP contribution in [0.1, 0.15) is 79.0 Å². The second kappa shape index (κ2) is 18.1. The molecule has 5 heterocycles. The molecule has 394 valence electrons. The van der Waals surface area contributed by atoms with Gasteiger partial charge < -0.3 is 19.3 Å². The van der Waals surface area contributed by atoms with E-state index in [0.29, 0.717) is 0 Å². The van der Waals surface area contributed by atoms with Gasteiger partial charge in [0.05, 0.1) is 33.8 Å². The predicted molar refractivity (Wildman–Crippen MR) is 354 cm³/mol. The summed E-state index contributed by atoms with van der Waals surface area (Å²) in [5, 5.41) is 6.32. The lowest BCUT2D eigenvalue weighted by Crippen LogP contribution is -2.60. The molecule has 81 heavy (non-hydrogen) atoms. The van der Waals surface area contributed by atoms with Gasteiger partial charge in [0.15, 0.2) is 0 Å². The molecule has 2 aliphatic heterocycles. The van der Waals surface area contributed by atoms with Crippen LogP contribution in [0.3, 0.4) is 0 Å². The first-order chi connectivity index (χ1) is 39.1. The van der Waals surface area contributed by atoms with Crippen molar-refractivity contribution in [1.82, 2.24) is 4.57 Å². The molecular formula is C74H63BN4S2. The molecule has 0 aliphatic carbocycles. The fraction of sp³-hybridized carbons (Fsp3) is 0.162. The van der Waals surface area contributed by atoms with Crippen LogP contribution in [0.5, 0.6) is 0 Å². The Labute approximate surface area is 483 Å². The lowest BCUT2D eigenvalue weighted by Gasteiger charge is -2.45. The average molecular weight is 1080 g/mol. The zero-order valence-corrected chi connectivity index (χ0v) is 49.1. The fourth-order valence-corrected chi connectivity index (χ4v) is 15.6. The third kappa shape index (κ3) is 7.76. The van der Waals surface area contributed by atoms with Gasteiger partial charge in [-0.15, -0.1) is 22.7 Å². The highest BCUT2D eigenvalue weighted by molar-refractivity contribution is 7.34. The maximum absolute atomic E-state index is 2.68. The number of para-hydroxylation sites is 4. The minimum Gasteiger partial charge on any atom is -0.310 e. The van der Waals surface area contributed by atoms with Crippen molar-refractivity contribution in [2.24, 2.45) is 0 Å². The number of nitrogens with zero attached hydrogens (tertiary/aromatic N) is 4. The van der Waals surface area contributed by atoms with Crippen LogP contribution >= 0.6 is 22.7 Å². The van der Waals surface area contributed by atoms with Crippen molar-refractivity contribution >= 4 is 148 Å². The van der Waals surface area contributed by atoms with Gasteiger partial charge in [0.1, 0.15) is 0 Å². The third-order valence-electron chi connectivity index (χ3n) is 17.2. The summed E-state index contributed by atoms with van der Waals surface area (Å²) in [4.78, 5) is 7.79. The van der Waals surface area contributed by atoms with E-state index in [0.717, 1.165) is 34.1 Å². The monoisotopic (exact) mass is 1080 g/mol. The molecule has 0 unspecified atom stereocenters. The molecule has 0 atom stereocenters. The number of fused-ring (bicyclic) bond motifs is 12. The van der Waals surface area contributed by atoms with Gasteiger partial charge >= 0.3 is 0 Å². The Kier molecular flexibility index (Phi) is 11.1. The molecule has 7 heteroatoms. The topological polar surface area (TPSA) is 14.7 Å². The lowest BCUT2D eigenvalue weighted by molar-refractivity contribution is 0.590. The molecular weight excluding hydrogens is 1020 g/mol. The molecule has 2 aliphatic rings. The van der Waals surface area contributed by atoms with Crippen LogP contribution in [0.4, 0.5) is 51.2 Å². The highest BCUT2D eigenvalue weighted by Gasteiger charge is 2.48. The van der Waals surface area contributed by atoms with Crippen LogP contribution in [-0.4, -0.2) is 11.3 Å². The maximum atomic E-state index is 2.68. The minimum atomic E-state index is -0.136. The number of hydrogen-bond acceptors (Lipinski definition) is 5. The van der Waals surface area contributed by atoms with Crippen LogP contribution in [0, 0.1) is 0 Å². The van der Waals surface area contributed by atoms with Gasteiger partial charge in [-0.1, -0.05) is 184 Å². The number of benzene rings is 10. The van der Waals surface area contributed by atoms with Gasteiger partial charge in [0.2, 0.25) is 0 Å². The SMILES string of the molecule is CC(C)(C)c1ccc(N2c3cc(N(c4ccccc4)c4ccccc4)cc4c3B(c3cc5sc6ccccc6c5c(-n5c6ccccc6c6ccccc65)c32)c2sc3ccc(C(C)(C)C)cc3c2N4c2ccc(C(C)(C)C)cc2)cc1. The number of aromatic nitrogens is 1. The molecule has 0 fully saturated rings. The van der Waals surface area contributed by atoms with Gasteiger partial charge in [-0.2, -0.15) is 0 Å². The van der Waals surface area contributed by atoms with Crippen LogP contribution in [0.25, 0.3) is 57.8 Å². The van der Waals surface area contributed by atoms with E-state index in [2.05, 4.69) is 300 Å². The molecule has 0 bridgehead atoms. The first kappa shape index (κ1) is 49.7. The molecule has 10 aromatic carbocycles. The maximum Gasteiger partial charge on any atom is 0.264 e. The van der Waals surface area contributed by atoms with E-state index in [1.165, 1.54) is 107 Å². The van der Waals surface area contributed by atoms with Gasteiger partial charge in [-0.3, -0.25) is 0 Å². The van der Waals surface area contributed by atoms with Crippen LogP contribution in [0.15, 0.2) is 218 Å². The van der Waals surface area contributed by atoms with Crippen LogP contribution in [-0.2, 0) is 16.2 Å². The summed E-state index contributed by atoms with van der Waals surface area (Å²) >= 11 is 3.90. The van der Waals surface area contributed by atoms with E-state index < -0.39 is 0 Å². The van der Waals surface area contributed by atoms with Crippen molar-refractivity contribution in [1.29, 1.82) is 0 Å². The molecule has 15 rings (SSSR count). The number of anilines is 9. The Morgan fingerprint density at radius 2 is 0.840 bits per heavy atom. The van der Waals surface area contributed by atoms with E-state index in [9.17, 15) is 0 Å². The van der Waals surface area contributed by atoms with Gasteiger partial charge in [0.25, 0.3) is 6.71 Å². The van der Waals surface area contributed by atoms with Crippen molar-refractivity contribution in [3.8, 4) is 5.69 Å². The molecule has 4 nitrogen and oxygen atoms in total. The molecule has 0 radical (unpaired) electrons. The largest absolute Gasteiger partial charge is 0.310 e. The number of hydrogen-bond donors (Lipinski definition) is 0. The van der Waals surface area contributed by atoms with Crippen LogP contribution < -0.4 is 30.4 Å². The normalized spacial score (nSPS) is 13.4. The molecule has 0 amide bonds. The molecule has 0 saturated carbocycles. The highest BCUT2D eigenvalue weighted by atomic mass is 32.1. The van der Waals surface area contributed by atoms with Gasteiger partial charge in [-0.05, 0) is 141 Å². The molecule has 0 N–H and O–H groups in total. The summed E-state index contributed by atoms with van der Waals surface area (Å²) in [6.07, 6.45) is 0. The van der Waals surface area contributed by atoms with E-state index >= 15 is 0 Å². The first-order valence-electron chi connectivity index (χ1n) is 28.5. The quantitative estimate of drug-likeness (QED) is 0.154. The summed E-state index contributed by atoms with van der Waals surface area (Å²) < 4.78 is 7.85. The summed E-state index contributed by atoms with van der Waals surface area (Å²) in [7, 11) is 0. The third-order valence-corrected chi connectivity index (χ3v) is 19.5. The standard InChI is InChI=1S/C74H63BN4S2/c1-72(2,3)46-32-37-51(38-33-46)77-61-43-53(76(49-22-12-10-13-23-49)50-24-14-11-15-25-50)44-62-67(61)75(71-68(77)57-42-48(74(7,8)9)36-41-64(57)81-71)58-45-65-66(56-28-18-21-31-63(56)80-65)70(69(58)78(62)52-39-34-47(35-40-52)73(4,5)6)79-59-29-19-16-26-54(59)55-27-17-20-30-60(55)79/h10-45H,1-9H3. The number of thiophene rings is 2. The van der Waals surface area contributed by atoms with E-state index in [1.807, 2.05) is 22.7 Å². The van der Waals surface area contributed by atoms with E-state index in [4.69, 9.17) is 0 Å². The smallest absolute Gasteiger partial charge is 0.264 e. The predicted octanol–water partition coefficient (Wildman–Crippen LogP) is 19.8. The van der Waals surface area contributed by atoms with Crippen molar-refractivity contribution in [3.05, 3.63) is 235 Å². The van der Waals surface area contributed by atoms with E-state index in [1.54, 1.807) is 0 Å². The summed E-state index contributed by atoms with van der Waals surface area (Å²) in [6.45, 7) is 20.8. The molecule has 13 aromatic rings. The zero-order chi connectivity index (χ0) is 55.3. The highest BCUT2D eigenvalue weighted by Crippen LogP contribution is 2.55. The van der Waals surface area contributed by atoms with Gasteiger partial charge in [0, 0.05) is 79.9 Å². The average Bonchev–Trinajstić information content (AvgIpc) is 2.63. The van der Waals surface area contributed by atoms with Crippen molar-refractivity contribution in [3.63, 3.8) is 0 Å². The Hall–Kier alpha value is -8.36. The van der Waals surface area contributed by atoms with Crippen LogP contribution in [0.2, 0.25) is 0 Å². The Morgan fingerprint density at radius 1 is 0.370 bits per heavy atom. The second-order valence-electron chi connectivity index (χ2n) is 25.4. The van der Waals surface area contributed by atoms with Crippen molar-refractivity contribution < 1.29 is 0 Å². The Balaban J connectivity index is 1.17. The first-order valence-corrected chi connectivity index (χ1v) is 30.2. The second-order valence-corrected chi connectivity index (χ2v) is 27.5. The van der Waals surface area contributed by atoms with Crippen molar-refractivity contribution in [2.75, 3.05) is 14.7 Å². The molecule has 0 saturated heterocycles. The molecule has 0 spiro atoms.